The van der Waals surface area contributed by atoms with Crippen LogP contribution in [0, 0.1) is 10.1 Å². The van der Waals surface area contributed by atoms with Gasteiger partial charge in [-0.25, -0.2) is 4.79 Å². The lowest BCUT2D eigenvalue weighted by Gasteiger charge is -2.06. The summed E-state index contributed by atoms with van der Waals surface area (Å²) in [6.45, 7) is 0. The van der Waals surface area contributed by atoms with Gasteiger partial charge < -0.3 is 4.98 Å². The van der Waals surface area contributed by atoms with Crippen LogP contribution in [-0.2, 0) is 0 Å². The highest BCUT2D eigenvalue weighted by Crippen LogP contribution is 2.28. The van der Waals surface area contributed by atoms with Crippen molar-refractivity contribution in [3.05, 3.63) is 67.5 Å². The zero-order valence-electron chi connectivity index (χ0n) is 10.5. The molecule has 1 aromatic heterocycles. The van der Waals surface area contributed by atoms with Crippen molar-refractivity contribution in [2.75, 3.05) is 0 Å². The van der Waals surface area contributed by atoms with Crippen LogP contribution in [0.15, 0.2) is 51.7 Å². The highest BCUT2D eigenvalue weighted by Gasteiger charge is 2.12. The molecule has 0 amide bonds. The molecular formula is C14H8BrN3O3. The summed E-state index contributed by atoms with van der Waals surface area (Å²) >= 11 is 3.37. The summed E-state index contributed by atoms with van der Waals surface area (Å²) < 4.78 is 0.829. The van der Waals surface area contributed by atoms with E-state index >= 15 is 0 Å². The predicted octanol–water partition coefficient (Wildman–Crippen LogP) is 3.26. The number of hydrogen-bond acceptors (Lipinski definition) is 4. The van der Waals surface area contributed by atoms with Gasteiger partial charge in [-0.3, -0.25) is 10.1 Å². The number of rotatable bonds is 2. The molecule has 3 aromatic rings. The summed E-state index contributed by atoms with van der Waals surface area (Å²) in [7, 11) is 0. The van der Waals surface area contributed by atoms with Gasteiger partial charge in [-0.15, -0.1) is 0 Å². The summed E-state index contributed by atoms with van der Waals surface area (Å²) in [6.07, 6.45) is 0. The molecule has 0 aliphatic carbocycles. The van der Waals surface area contributed by atoms with Crippen LogP contribution in [0.3, 0.4) is 0 Å². The van der Waals surface area contributed by atoms with Crippen molar-refractivity contribution in [3.8, 4) is 11.3 Å². The SMILES string of the molecule is O=c1nc(-c2cccc([N+](=O)[O-])c2)c2cc(Br)ccc2[nH]1. The number of H-pyrrole nitrogens is 1. The van der Waals surface area contributed by atoms with Crippen molar-refractivity contribution in [1.29, 1.82) is 0 Å². The minimum Gasteiger partial charge on any atom is -0.305 e. The van der Waals surface area contributed by atoms with Gasteiger partial charge in [0, 0.05) is 27.6 Å². The van der Waals surface area contributed by atoms with E-state index in [1.54, 1.807) is 24.3 Å². The third-order valence-electron chi connectivity index (χ3n) is 3.02. The van der Waals surface area contributed by atoms with Crippen LogP contribution in [0.25, 0.3) is 22.2 Å². The van der Waals surface area contributed by atoms with Crippen molar-refractivity contribution < 1.29 is 4.92 Å². The number of aromatic nitrogens is 2. The lowest BCUT2D eigenvalue weighted by molar-refractivity contribution is -0.384. The van der Waals surface area contributed by atoms with Gasteiger partial charge in [-0.2, -0.15) is 4.98 Å². The van der Waals surface area contributed by atoms with Crippen LogP contribution in [0.4, 0.5) is 5.69 Å². The zero-order chi connectivity index (χ0) is 15.0. The van der Waals surface area contributed by atoms with Crippen LogP contribution in [-0.4, -0.2) is 14.9 Å². The van der Waals surface area contributed by atoms with E-state index in [-0.39, 0.29) is 5.69 Å². The Hall–Kier alpha value is -2.54. The number of nitro benzene ring substituents is 1. The molecule has 104 valence electrons. The maximum Gasteiger partial charge on any atom is 0.345 e. The lowest BCUT2D eigenvalue weighted by Crippen LogP contribution is -2.11. The van der Waals surface area contributed by atoms with E-state index in [2.05, 4.69) is 25.9 Å². The molecule has 0 radical (unpaired) electrons. The summed E-state index contributed by atoms with van der Waals surface area (Å²) in [5, 5.41) is 11.6. The minimum atomic E-state index is -0.494. The Labute approximate surface area is 126 Å². The number of aromatic amines is 1. The fraction of sp³-hybridized carbons (Fsp3) is 0. The number of nitrogens with zero attached hydrogens (tertiary/aromatic N) is 2. The first-order valence-electron chi connectivity index (χ1n) is 5.99. The van der Waals surface area contributed by atoms with Crippen LogP contribution < -0.4 is 5.69 Å². The number of nitro groups is 1. The highest BCUT2D eigenvalue weighted by molar-refractivity contribution is 9.10. The van der Waals surface area contributed by atoms with Crippen LogP contribution in [0.5, 0.6) is 0 Å². The number of hydrogen-bond donors (Lipinski definition) is 1. The average molecular weight is 346 g/mol. The van der Waals surface area contributed by atoms with E-state index in [4.69, 9.17) is 0 Å². The number of non-ortho nitro benzene ring substituents is 1. The Morgan fingerprint density at radius 2 is 2.00 bits per heavy atom. The molecule has 1 N–H and O–H groups in total. The van der Waals surface area contributed by atoms with E-state index in [1.165, 1.54) is 12.1 Å². The molecule has 0 saturated carbocycles. The van der Waals surface area contributed by atoms with Crippen LogP contribution in [0.2, 0.25) is 0 Å². The Bertz CT molecular complexity index is 921. The Morgan fingerprint density at radius 3 is 2.76 bits per heavy atom. The fourth-order valence-corrected chi connectivity index (χ4v) is 2.47. The number of fused-ring (bicyclic) bond motifs is 1. The molecule has 7 heteroatoms. The highest BCUT2D eigenvalue weighted by atomic mass is 79.9. The van der Waals surface area contributed by atoms with Crippen molar-refractivity contribution in [1.82, 2.24) is 9.97 Å². The fourth-order valence-electron chi connectivity index (χ4n) is 2.11. The molecule has 0 aliphatic heterocycles. The Kier molecular flexibility index (Phi) is 3.26. The molecule has 0 unspecified atom stereocenters. The van der Waals surface area contributed by atoms with E-state index in [9.17, 15) is 14.9 Å². The summed E-state index contributed by atoms with van der Waals surface area (Å²) in [4.78, 5) is 28.7. The smallest absolute Gasteiger partial charge is 0.305 e. The van der Waals surface area contributed by atoms with Gasteiger partial charge in [0.15, 0.2) is 0 Å². The quantitative estimate of drug-likeness (QED) is 0.570. The molecule has 0 atom stereocenters. The Morgan fingerprint density at radius 1 is 1.19 bits per heavy atom. The van der Waals surface area contributed by atoms with E-state index in [1.807, 2.05) is 6.07 Å². The lowest BCUT2D eigenvalue weighted by atomic mass is 10.1. The minimum absolute atomic E-state index is 0.0438. The molecule has 3 rings (SSSR count). The number of nitrogens with one attached hydrogen (secondary N) is 1. The molecule has 0 aliphatic rings. The summed E-state index contributed by atoms with van der Waals surface area (Å²) in [5.74, 6) is 0. The normalized spacial score (nSPS) is 10.7. The van der Waals surface area contributed by atoms with Crippen molar-refractivity contribution in [3.63, 3.8) is 0 Å². The van der Waals surface area contributed by atoms with E-state index in [0.29, 0.717) is 22.2 Å². The van der Waals surface area contributed by atoms with Crippen LogP contribution >= 0.6 is 15.9 Å². The molecule has 0 fully saturated rings. The third kappa shape index (κ3) is 2.55. The van der Waals surface area contributed by atoms with Gasteiger partial charge in [0.05, 0.1) is 16.1 Å². The largest absolute Gasteiger partial charge is 0.345 e. The molecule has 6 nitrogen and oxygen atoms in total. The average Bonchev–Trinajstić information content (AvgIpc) is 2.47. The molecule has 21 heavy (non-hydrogen) atoms. The van der Waals surface area contributed by atoms with Crippen molar-refractivity contribution in [2.45, 2.75) is 0 Å². The maximum atomic E-state index is 11.7. The second-order valence-electron chi connectivity index (χ2n) is 4.39. The topological polar surface area (TPSA) is 88.9 Å². The zero-order valence-corrected chi connectivity index (χ0v) is 12.1. The maximum absolute atomic E-state index is 11.7. The van der Waals surface area contributed by atoms with Crippen LogP contribution in [0.1, 0.15) is 0 Å². The van der Waals surface area contributed by atoms with Crippen molar-refractivity contribution >= 4 is 32.5 Å². The number of halogens is 1. The molecule has 1 heterocycles. The van der Waals surface area contributed by atoms with Crippen molar-refractivity contribution in [2.24, 2.45) is 0 Å². The van der Waals surface area contributed by atoms with Gasteiger partial charge in [0.1, 0.15) is 0 Å². The molecule has 0 spiro atoms. The first kappa shape index (κ1) is 13.4. The summed E-state index contributed by atoms with van der Waals surface area (Å²) in [6, 6.07) is 11.4. The van der Waals surface area contributed by atoms with Gasteiger partial charge in [-0.05, 0) is 18.2 Å². The van der Waals surface area contributed by atoms with E-state index < -0.39 is 10.6 Å². The van der Waals surface area contributed by atoms with E-state index in [0.717, 1.165) is 4.47 Å². The first-order valence-corrected chi connectivity index (χ1v) is 6.78. The molecule has 0 saturated heterocycles. The summed E-state index contributed by atoms with van der Waals surface area (Å²) in [5.41, 5.74) is 1.03. The van der Waals surface area contributed by atoms with Gasteiger partial charge in [-0.1, -0.05) is 28.1 Å². The first-order chi connectivity index (χ1) is 10.0. The second-order valence-corrected chi connectivity index (χ2v) is 5.30. The van der Waals surface area contributed by atoms with Gasteiger partial charge in [0.25, 0.3) is 5.69 Å². The third-order valence-corrected chi connectivity index (χ3v) is 3.52. The monoisotopic (exact) mass is 345 g/mol. The molecular weight excluding hydrogens is 338 g/mol. The van der Waals surface area contributed by atoms with Gasteiger partial charge >= 0.3 is 5.69 Å². The molecule has 2 aromatic carbocycles. The number of benzene rings is 2. The predicted molar refractivity (Wildman–Crippen MR) is 82.2 cm³/mol. The Balaban J connectivity index is 2.33. The standard InChI is InChI=1S/C14H8BrN3O3/c15-9-4-5-12-11(7-9)13(17-14(19)16-12)8-2-1-3-10(6-8)18(20)21/h1-7H,(H,16,17,19). The second kappa shape index (κ2) is 5.10. The molecule has 0 bridgehead atoms. The van der Waals surface area contributed by atoms with Gasteiger partial charge in [0.2, 0.25) is 0 Å².